The first-order chi connectivity index (χ1) is 19.7. The van der Waals surface area contributed by atoms with Crippen molar-refractivity contribution >= 4 is 50.7 Å². The first kappa shape index (κ1) is 27.9. The lowest BCUT2D eigenvalue weighted by Gasteiger charge is -2.26. The van der Waals surface area contributed by atoms with Crippen molar-refractivity contribution in [3.8, 4) is 5.75 Å². The van der Waals surface area contributed by atoms with Crippen molar-refractivity contribution < 1.29 is 27.5 Å². The Bertz CT molecular complexity index is 1730. The molecule has 0 radical (unpaired) electrons. The Morgan fingerprint density at radius 2 is 1.46 bits per heavy atom. The van der Waals surface area contributed by atoms with Gasteiger partial charge < -0.3 is 10.1 Å². The second kappa shape index (κ2) is 11.4. The Balaban J connectivity index is 1.46. The van der Waals surface area contributed by atoms with E-state index < -0.39 is 33.8 Å². The van der Waals surface area contributed by atoms with Gasteiger partial charge in [-0.2, -0.15) is 0 Å². The lowest BCUT2D eigenvalue weighted by molar-refractivity contribution is -0.119. The molecule has 41 heavy (non-hydrogen) atoms. The molecular formula is C30H24ClN3O6S. The van der Waals surface area contributed by atoms with Crippen LogP contribution in [0.25, 0.3) is 0 Å². The molecule has 11 heteroatoms. The van der Waals surface area contributed by atoms with Gasteiger partial charge in [-0.25, -0.2) is 8.42 Å². The number of rotatable bonds is 9. The van der Waals surface area contributed by atoms with Gasteiger partial charge in [-0.3, -0.25) is 24.0 Å². The SMILES string of the molecule is COc1ccccc1NS(=O)(=O)c1ccc(Cl)c(NC(=O)C(Cc2ccccc2)N2C(=O)c3ccccc3C2=O)c1. The van der Waals surface area contributed by atoms with E-state index in [1.54, 1.807) is 60.7 Å². The fourth-order valence-corrected chi connectivity index (χ4v) is 5.81. The predicted molar refractivity (Wildman–Crippen MR) is 155 cm³/mol. The van der Waals surface area contributed by atoms with Crippen molar-refractivity contribution in [2.45, 2.75) is 17.4 Å². The third-order valence-corrected chi connectivity index (χ3v) is 8.26. The van der Waals surface area contributed by atoms with Crippen LogP contribution in [0.3, 0.4) is 0 Å². The number of methoxy groups -OCH3 is 1. The van der Waals surface area contributed by atoms with Gasteiger partial charge in [0.25, 0.3) is 21.8 Å². The number of para-hydroxylation sites is 2. The van der Waals surface area contributed by atoms with E-state index in [1.807, 2.05) is 6.07 Å². The van der Waals surface area contributed by atoms with Crippen molar-refractivity contribution in [3.63, 3.8) is 0 Å². The number of sulfonamides is 1. The van der Waals surface area contributed by atoms with Crippen LogP contribution >= 0.6 is 11.6 Å². The maximum absolute atomic E-state index is 13.7. The highest BCUT2D eigenvalue weighted by atomic mass is 35.5. The highest BCUT2D eigenvalue weighted by Gasteiger charge is 2.42. The second-order valence-electron chi connectivity index (χ2n) is 9.17. The molecule has 5 rings (SSSR count). The fourth-order valence-electron chi connectivity index (χ4n) is 4.55. The van der Waals surface area contributed by atoms with Gasteiger partial charge in [-0.15, -0.1) is 0 Å². The number of benzene rings is 4. The molecule has 4 aromatic rings. The third kappa shape index (κ3) is 5.65. The van der Waals surface area contributed by atoms with E-state index in [-0.39, 0.29) is 38.8 Å². The summed E-state index contributed by atoms with van der Waals surface area (Å²) in [6.07, 6.45) is 0.0309. The summed E-state index contributed by atoms with van der Waals surface area (Å²) < 4.78 is 34.1. The minimum absolute atomic E-state index is 0.00533. The molecule has 0 aliphatic carbocycles. The van der Waals surface area contributed by atoms with E-state index in [0.29, 0.717) is 11.3 Å². The molecule has 0 saturated heterocycles. The van der Waals surface area contributed by atoms with Gasteiger partial charge >= 0.3 is 0 Å². The largest absolute Gasteiger partial charge is 0.495 e. The molecule has 0 saturated carbocycles. The standard InChI is InChI=1S/C30H24ClN3O6S/c1-40-27-14-8-7-13-24(27)33-41(38,39)20-15-16-23(31)25(18-20)32-28(35)26(17-19-9-3-2-4-10-19)34-29(36)21-11-5-6-12-22(21)30(34)37/h2-16,18,26,33H,17H2,1H3,(H,32,35). The van der Waals surface area contributed by atoms with Crippen molar-refractivity contribution in [2.75, 3.05) is 17.1 Å². The van der Waals surface area contributed by atoms with Crippen molar-refractivity contribution in [1.82, 2.24) is 4.90 Å². The number of imide groups is 1. The molecule has 0 aromatic heterocycles. The Kier molecular flexibility index (Phi) is 7.78. The average molecular weight is 590 g/mol. The number of fused-ring (bicyclic) bond motifs is 1. The number of nitrogens with zero attached hydrogens (tertiary/aromatic N) is 1. The smallest absolute Gasteiger partial charge is 0.262 e. The molecule has 4 aromatic carbocycles. The summed E-state index contributed by atoms with van der Waals surface area (Å²) >= 11 is 6.36. The van der Waals surface area contributed by atoms with Crippen LogP contribution in [0, 0.1) is 0 Å². The Morgan fingerprint density at radius 3 is 2.12 bits per heavy atom. The van der Waals surface area contributed by atoms with Crippen LogP contribution in [-0.2, 0) is 21.2 Å². The predicted octanol–water partition coefficient (Wildman–Crippen LogP) is 5.00. The van der Waals surface area contributed by atoms with Crippen LogP contribution in [0.1, 0.15) is 26.3 Å². The zero-order valence-electron chi connectivity index (χ0n) is 21.7. The lowest BCUT2D eigenvalue weighted by atomic mass is 10.0. The molecule has 1 heterocycles. The lowest BCUT2D eigenvalue weighted by Crippen LogP contribution is -2.48. The number of nitrogens with one attached hydrogen (secondary N) is 2. The zero-order chi connectivity index (χ0) is 29.1. The van der Waals surface area contributed by atoms with Gasteiger partial charge in [-0.1, -0.05) is 66.2 Å². The number of carbonyl (C=O) groups is 3. The number of ether oxygens (including phenoxy) is 1. The van der Waals surface area contributed by atoms with Gasteiger partial charge in [0.15, 0.2) is 0 Å². The molecule has 0 spiro atoms. The molecule has 0 bridgehead atoms. The summed E-state index contributed by atoms with van der Waals surface area (Å²) in [5, 5.41) is 2.71. The number of carbonyl (C=O) groups excluding carboxylic acids is 3. The Labute approximate surface area is 241 Å². The summed E-state index contributed by atoms with van der Waals surface area (Å²) in [5.41, 5.74) is 1.35. The molecule has 208 valence electrons. The number of hydrogen-bond acceptors (Lipinski definition) is 6. The van der Waals surface area contributed by atoms with Gasteiger partial charge in [0.2, 0.25) is 5.91 Å². The molecule has 1 aliphatic rings. The summed E-state index contributed by atoms with van der Waals surface area (Å²) in [5.74, 6) is -1.57. The monoisotopic (exact) mass is 589 g/mol. The van der Waals surface area contributed by atoms with Gasteiger partial charge in [0.05, 0.1) is 39.5 Å². The summed E-state index contributed by atoms with van der Waals surface area (Å²) in [6, 6.07) is 24.4. The van der Waals surface area contributed by atoms with Crippen LogP contribution in [-0.4, -0.2) is 44.2 Å². The Hall–Kier alpha value is -4.67. The maximum atomic E-state index is 13.7. The molecule has 1 aliphatic heterocycles. The first-order valence-corrected chi connectivity index (χ1v) is 14.3. The van der Waals surface area contributed by atoms with Gasteiger partial charge in [0.1, 0.15) is 11.8 Å². The van der Waals surface area contributed by atoms with E-state index in [4.69, 9.17) is 16.3 Å². The number of amides is 3. The van der Waals surface area contributed by atoms with E-state index in [0.717, 1.165) is 4.90 Å². The maximum Gasteiger partial charge on any atom is 0.262 e. The number of anilines is 2. The quantitative estimate of drug-likeness (QED) is 0.265. The van der Waals surface area contributed by atoms with Crippen LogP contribution in [0.5, 0.6) is 5.75 Å². The van der Waals surface area contributed by atoms with Crippen LogP contribution in [0.15, 0.2) is 102 Å². The fraction of sp³-hybridized carbons (Fsp3) is 0.100. The molecule has 9 nitrogen and oxygen atoms in total. The molecule has 1 unspecified atom stereocenters. The van der Waals surface area contributed by atoms with Crippen LogP contribution in [0.2, 0.25) is 5.02 Å². The molecule has 3 amide bonds. The van der Waals surface area contributed by atoms with E-state index in [9.17, 15) is 22.8 Å². The topological polar surface area (TPSA) is 122 Å². The zero-order valence-corrected chi connectivity index (χ0v) is 23.3. The van der Waals surface area contributed by atoms with Crippen molar-refractivity contribution in [3.05, 3.63) is 119 Å². The first-order valence-electron chi connectivity index (χ1n) is 12.5. The molecular weight excluding hydrogens is 566 g/mol. The molecule has 0 fully saturated rings. The van der Waals surface area contributed by atoms with E-state index in [2.05, 4.69) is 10.0 Å². The molecule has 2 N–H and O–H groups in total. The number of hydrogen-bond donors (Lipinski definition) is 2. The third-order valence-electron chi connectivity index (χ3n) is 6.57. The minimum atomic E-state index is -4.12. The summed E-state index contributed by atoms with van der Waals surface area (Å²) in [4.78, 5) is 41.0. The normalized spacial score (nSPS) is 13.5. The van der Waals surface area contributed by atoms with E-state index >= 15 is 0 Å². The van der Waals surface area contributed by atoms with Gasteiger partial charge in [0, 0.05) is 6.42 Å². The highest BCUT2D eigenvalue weighted by Crippen LogP contribution is 2.31. The summed E-state index contributed by atoms with van der Waals surface area (Å²) in [7, 11) is -2.70. The van der Waals surface area contributed by atoms with Crippen LogP contribution < -0.4 is 14.8 Å². The highest BCUT2D eigenvalue weighted by molar-refractivity contribution is 7.92. The van der Waals surface area contributed by atoms with Crippen molar-refractivity contribution in [2.24, 2.45) is 0 Å². The second-order valence-corrected chi connectivity index (χ2v) is 11.3. The average Bonchev–Trinajstić information content (AvgIpc) is 3.22. The van der Waals surface area contributed by atoms with Crippen molar-refractivity contribution in [1.29, 1.82) is 0 Å². The van der Waals surface area contributed by atoms with Gasteiger partial charge in [-0.05, 0) is 48.0 Å². The van der Waals surface area contributed by atoms with Crippen LogP contribution in [0.4, 0.5) is 11.4 Å². The number of halogens is 1. The van der Waals surface area contributed by atoms with E-state index in [1.165, 1.54) is 37.4 Å². The Morgan fingerprint density at radius 1 is 0.854 bits per heavy atom. The minimum Gasteiger partial charge on any atom is -0.495 e. The molecule has 1 atom stereocenters. The summed E-state index contributed by atoms with van der Waals surface area (Å²) in [6.45, 7) is 0.